The van der Waals surface area contributed by atoms with Gasteiger partial charge in [0.05, 0.1) is 34.4 Å². The molecule has 0 fully saturated rings. The molecular formula is C37H65NO7P+. The molecule has 0 radical (unpaired) electrons. The lowest BCUT2D eigenvalue weighted by atomic mass is 10.1. The van der Waals surface area contributed by atoms with E-state index in [1.165, 1.54) is 12.8 Å². The van der Waals surface area contributed by atoms with Gasteiger partial charge in [-0.15, -0.1) is 0 Å². The number of carbonyl (C=O) groups is 1. The molecule has 0 amide bonds. The Morgan fingerprint density at radius 3 is 1.70 bits per heavy atom. The Kier molecular flexibility index (Phi) is 28.9. The van der Waals surface area contributed by atoms with Gasteiger partial charge in [-0.25, -0.2) is 4.57 Å². The number of allylic oxidation sites excluding steroid dienone is 12. The second-order valence-corrected chi connectivity index (χ2v) is 13.6. The molecule has 2 unspecified atom stereocenters. The van der Waals surface area contributed by atoms with Crippen LogP contribution in [0.3, 0.4) is 0 Å². The van der Waals surface area contributed by atoms with Crippen molar-refractivity contribution in [1.29, 1.82) is 0 Å². The van der Waals surface area contributed by atoms with Crippen molar-refractivity contribution in [2.24, 2.45) is 0 Å². The van der Waals surface area contributed by atoms with Crippen molar-refractivity contribution >= 4 is 13.8 Å². The molecule has 0 aromatic carbocycles. The third kappa shape index (κ3) is 33.3. The van der Waals surface area contributed by atoms with Crippen molar-refractivity contribution in [3.8, 4) is 0 Å². The highest BCUT2D eigenvalue weighted by Crippen LogP contribution is 2.43. The minimum atomic E-state index is -4.24. The number of esters is 1. The van der Waals surface area contributed by atoms with Gasteiger partial charge in [-0.1, -0.05) is 106 Å². The standard InChI is InChI=1S/C37H64NO7P/c1-6-8-9-10-11-12-13-14-15-16-17-18-19-20-21-22-23-24-25-26-27-28-29-30-32-42-34-36(45-37(39)7-2)35-44-46(40,41)43-33-31-38(3,4)5/h8-9,11-12,14-15,17-18,20-21,23-24,36H,6-7,10,13,16,19,22,25-35H2,1-5H3/p+1/b9-8-,12-11-,15-14-,18-17-,21-20-,24-23-. The summed E-state index contributed by atoms with van der Waals surface area (Å²) < 4.78 is 33.8. The molecule has 0 aromatic rings. The van der Waals surface area contributed by atoms with E-state index in [1.54, 1.807) is 6.92 Å². The average molecular weight is 667 g/mol. The van der Waals surface area contributed by atoms with Gasteiger partial charge in [-0.2, -0.15) is 0 Å². The highest BCUT2D eigenvalue weighted by molar-refractivity contribution is 7.47. The smallest absolute Gasteiger partial charge is 0.457 e. The van der Waals surface area contributed by atoms with Gasteiger partial charge < -0.3 is 18.9 Å². The van der Waals surface area contributed by atoms with Crippen LogP contribution in [0.5, 0.6) is 0 Å². The zero-order valence-electron chi connectivity index (χ0n) is 29.5. The molecule has 0 saturated heterocycles. The van der Waals surface area contributed by atoms with Crippen LogP contribution in [0, 0.1) is 0 Å². The van der Waals surface area contributed by atoms with Crippen LogP contribution in [0.1, 0.15) is 97.3 Å². The number of carbonyl (C=O) groups excluding carboxylic acids is 1. The summed E-state index contributed by atoms with van der Waals surface area (Å²) in [4.78, 5) is 21.7. The normalized spacial score (nSPS) is 15.0. The van der Waals surface area contributed by atoms with E-state index in [2.05, 4.69) is 79.8 Å². The van der Waals surface area contributed by atoms with E-state index >= 15 is 0 Å². The second-order valence-electron chi connectivity index (χ2n) is 12.1. The van der Waals surface area contributed by atoms with Gasteiger partial charge in [0, 0.05) is 13.0 Å². The molecule has 1 N–H and O–H groups in total. The second kappa shape index (κ2) is 30.3. The predicted octanol–water partition coefficient (Wildman–Crippen LogP) is 9.20. The summed E-state index contributed by atoms with van der Waals surface area (Å²) >= 11 is 0. The van der Waals surface area contributed by atoms with Crippen molar-refractivity contribution in [2.75, 3.05) is 54.1 Å². The molecule has 9 heteroatoms. The molecular weight excluding hydrogens is 601 g/mol. The Morgan fingerprint density at radius 2 is 1.17 bits per heavy atom. The molecule has 0 aliphatic carbocycles. The number of phosphoric acid groups is 1. The number of quaternary nitrogens is 1. The van der Waals surface area contributed by atoms with Crippen molar-refractivity contribution in [3.63, 3.8) is 0 Å². The molecule has 46 heavy (non-hydrogen) atoms. The lowest BCUT2D eigenvalue weighted by Crippen LogP contribution is -2.37. The fraction of sp³-hybridized carbons (Fsp3) is 0.649. The molecule has 0 saturated carbocycles. The molecule has 0 bridgehead atoms. The van der Waals surface area contributed by atoms with E-state index in [4.69, 9.17) is 18.5 Å². The van der Waals surface area contributed by atoms with E-state index in [0.717, 1.165) is 64.2 Å². The summed E-state index contributed by atoms with van der Waals surface area (Å²) in [5.41, 5.74) is 0. The number of hydrogen-bond acceptors (Lipinski definition) is 6. The van der Waals surface area contributed by atoms with Gasteiger partial charge >= 0.3 is 13.8 Å². The Balaban J connectivity index is 3.87. The van der Waals surface area contributed by atoms with Crippen LogP contribution in [-0.4, -0.2) is 75.6 Å². The Bertz CT molecular complexity index is 963. The fourth-order valence-corrected chi connectivity index (χ4v) is 4.62. The van der Waals surface area contributed by atoms with Crippen molar-refractivity contribution in [1.82, 2.24) is 0 Å². The minimum Gasteiger partial charge on any atom is -0.457 e. The van der Waals surface area contributed by atoms with Crippen LogP contribution < -0.4 is 0 Å². The number of unbranched alkanes of at least 4 members (excludes halogenated alkanes) is 5. The van der Waals surface area contributed by atoms with E-state index in [0.29, 0.717) is 17.6 Å². The van der Waals surface area contributed by atoms with E-state index in [9.17, 15) is 14.3 Å². The summed E-state index contributed by atoms with van der Waals surface area (Å²) in [6.07, 6.45) is 38.7. The van der Waals surface area contributed by atoms with Gasteiger partial charge in [0.15, 0.2) is 0 Å². The van der Waals surface area contributed by atoms with E-state index in [1.807, 2.05) is 21.1 Å². The third-order valence-electron chi connectivity index (χ3n) is 6.59. The highest BCUT2D eigenvalue weighted by Gasteiger charge is 2.26. The molecule has 0 aliphatic rings. The maximum absolute atomic E-state index is 12.2. The summed E-state index contributed by atoms with van der Waals surface area (Å²) in [7, 11) is 1.63. The number of rotatable bonds is 30. The van der Waals surface area contributed by atoms with Gasteiger partial charge in [0.25, 0.3) is 0 Å². The summed E-state index contributed by atoms with van der Waals surface area (Å²) in [5.74, 6) is -0.414. The van der Waals surface area contributed by atoms with Gasteiger partial charge in [0.1, 0.15) is 19.3 Å². The van der Waals surface area contributed by atoms with Crippen molar-refractivity contribution in [2.45, 2.75) is 103 Å². The molecule has 0 aliphatic heterocycles. The zero-order valence-corrected chi connectivity index (χ0v) is 30.4. The third-order valence-corrected chi connectivity index (χ3v) is 7.57. The maximum Gasteiger partial charge on any atom is 0.472 e. The topological polar surface area (TPSA) is 91.3 Å². The molecule has 0 spiro atoms. The molecule has 2 atom stereocenters. The number of phosphoric ester groups is 1. The van der Waals surface area contributed by atoms with Crippen molar-refractivity contribution < 1.29 is 37.3 Å². The Morgan fingerprint density at radius 1 is 0.674 bits per heavy atom. The molecule has 0 aromatic heterocycles. The number of ether oxygens (including phenoxy) is 2. The molecule has 264 valence electrons. The average Bonchev–Trinajstić information content (AvgIpc) is 3.00. The minimum absolute atomic E-state index is 0.0780. The summed E-state index contributed by atoms with van der Waals surface area (Å²) in [6, 6.07) is 0. The van der Waals surface area contributed by atoms with Crippen LogP contribution in [0.25, 0.3) is 0 Å². The van der Waals surface area contributed by atoms with E-state index < -0.39 is 19.9 Å². The highest BCUT2D eigenvalue weighted by atomic mass is 31.2. The van der Waals surface area contributed by atoms with Crippen LogP contribution in [0.2, 0.25) is 0 Å². The lowest BCUT2D eigenvalue weighted by molar-refractivity contribution is -0.870. The monoisotopic (exact) mass is 666 g/mol. The predicted molar refractivity (Wildman–Crippen MR) is 192 cm³/mol. The largest absolute Gasteiger partial charge is 0.472 e. The first-order chi connectivity index (χ1) is 22.1. The first kappa shape index (κ1) is 43.9. The summed E-state index contributed by atoms with van der Waals surface area (Å²) in [6.45, 7) is 4.84. The Labute approximate surface area is 281 Å². The fourth-order valence-electron chi connectivity index (χ4n) is 3.88. The lowest BCUT2D eigenvalue weighted by Gasteiger charge is -2.24. The maximum atomic E-state index is 12.2. The molecule has 8 nitrogen and oxygen atoms in total. The molecule has 0 rings (SSSR count). The first-order valence-electron chi connectivity index (χ1n) is 17.2. The van der Waals surface area contributed by atoms with Crippen LogP contribution >= 0.6 is 7.82 Å². The van der Waals surface area contributed by atoms with Gasteiger partial charge in [-0.3, -0.25) is 13.8 Å². The Hall–Kier alpha value is -2.06. The van der Waals surface area contributed by atoms with Gasteiger partial charge in [-0.05, 0) is 57.8 Å². The zero-order chi connectivity index (χ0) is 34.2. The van der Waals surface area contributed by atoms with Gasteiger partial charge in [0.2, 0.25) is 0 Å². The SMILES string of the molecule is CC/C=C\C/C=C\C/C=C\C/C=C\C/C=C\C/C=C\CCCCCCCOCC(COP(=O)(O)OCC[N+](C)(C)C)OC(=O)CC. The summed E-state index contributed by atoms with van der Waals surface area (Å²) in [5, 5.41) is 0. The number of likely N-dealkylation sites (N-methyl/N-ethyl adjacent to an activating group) is 1. The van der Waals surface area contributed by atoms with E-state index in [-0.39, 0.29) is 26.2 Å². The number of nitrogens with zero attached hydrogens (tertiary/aromatic N) is 1. The van der Waals surface area contributed by atoms with Crippen molar-refractivity contribution in [3.05, 3.63) is 72.9 Å². The van der Waals surface area contributed by atoms with Crippen LogP contribution in [0.4, 0.5) is 0 Å². The van der Waals surface area contributed by atoms with Crippen LogP contribution in [0.15, 0.2) is 72.9 Å². The quantitative estimate of drug-likeness (QED) is 0.0269. The number of hydrogen-bond donors (Lipinski definition) is 1. The first-order valence-corrected chi connectivity index (χ1v) is 18.7. The molecule has 0 heterocycles. The van der Waals surface area contributed by atoms with Crippen LogP contribution in [-0.2, 0) is 27.9 Å².